The fourth-order valence-corrected chi connectivity index (χ4v) is 3.58. The van der Waals surface area contributed by atoms with Crippen molar-refractivity contribution >= 4 is 8.80 Å². The number of rotatable bonds is 5. The van der Waals surface area contributed by atoms with Gasteiger partial charge in [-0.15, -0.1) is 0 Å². The van der Waals surface area contributed by atoms with E-state index in [2.05, 4.69) is 59.5 Å². The fraction of sp³-hybridized carbons (Fsp3) is 0.667. The van der Waals surface area contributed by atoms with Crippen molar-refractivity contribution in [3.05, 3.63) is 21.6 Å². The SMILES string of the molecule is CC(C)OC(CC1=[C]([Ti+2])CC=C1)[SiH](C)C.[Cl-].[Cl-]. The molecule has 0 spiro atoms. The quantitative estimate of drug-likeness (QED) is 0.488. The van der Waals surface area contributed by atoms with Gasteiger partial charge in [0.1, 0.15) is 0 Å². The molecular weight excluding hydrogens is 307 g/mol. The van der Waals surface area contributed by atoms with Gasteiger partial charge in [-0.2, -0.15) is 0 Å². The molecule has 0 amide bonds. The molecule has 0 fully saturated rings. The molecule has 0 saturated heterocycles. The van der Waals surface area contributed by atoms with Crippen LogP contribution in [-0.2, 0) is 25.2 Å². The van der Waals surface area contributed by atoms with Gasteiger partial charge in [0.25, 0.3) is 0 Å². The monoisotopic (exact) mass is 327 g/mol. The molecule has 0 bridgehead atoms. The fourth-order valence-electron chi connectivity index (χ4n) is 1.75. The minimum Gasteiger partial charge on any atom is -1.00 e. The summed E-state index contributed by atoms with van der Waals surface area (Å²) in [4.78, 5) is 0. The van der Waals surface area contributed by atoms with Gasteiger partial charge in [0.15, 0.2) is 0 Å². The van der Waals surface area contributed by atoms with Crippen LogP contribution in [0.5, 0.6) is 0 Å². The molecule has 1 aliphatic carbocycles. The minimum atomic E-state index is -0.715. The van der Waals surface area contributed by atoms with Gasteiger partial charge >= 0.3 is 107 Å². The normalized spacial score (nSPS) is 16.2. The summed E-state index contributed by atoms with van der Waals surface area (Å²) in [6.45, 7) is 9.02. The molecule has 0 radical (unpaired) electrons. The molecule has 1 unspecified atom stereocenters. The minimum absolute atomic E-state index is 0. The van der Waals surface area contributed by atoms with E-state index in [4.69, 9.17) is 4.74 Å². The maximum Gasteiger partial charge on any atom is -1.00 e. The van der Waals surface area contributed by atoms with Crippen LogP contribution in [-0.4, -0.2) is 20.6 Å². The third kappa shape index (κ3) is 7.19. The number of halogens is 2. The van der Waals surface area contributed by atoms with E-state index < -0.39 is 8.80 Å². The van der Waals surface area contributed by atoms with Crippen LogP contribution in [0.3, 0.4) is 0 Å². The van der Waals surface area contributed by atoms with Gasteiger partial charge in [0.2, 0.25) is 0 Å². The summed E-state index contributed by atoms with van der Waals surface area (Å²) in [5.41, 5.74) is 2.01. The third-order valence-electron chi connectivity index (χ3n) is 2.64. The Bertz CT molecular complexity index is 278. The molecule has 1 nitrogen and oxygen atoms in total. The standard InChI is InChI=1S/C12H21OSi.2ClH.Ti/c1-10(2)13-12(14(3)4)9-11-7-5-6-8-11;;;/h5,7,10,12,14H,6,9H2,1-4H3;2*1H;/q;;;+2/p-2. The van der Waals surface area contributed by atoms with Crippen LogP contribution in [0, 0.1) is 0 Å². The van der Waals surface area contributed by atoms with Crippen molar-refractivity contribution in [3.8, 4) is 0 Å². The Morgan fingerprint density at radius 2 is 1.94 bits per heavy atom. The predicted molar refractivity (Wildman–Crippen MR) is 64.3 cm³/mol. The van der Waals surface area contributed by atoms with Crippen molar-refractivity contribution in [1.29, 1.82) is 0 Å². The summed E-state index contributed by atoms with van der Waals surface area (Å²) < 4.78 is 7.55. The third-order valence-corrected chi connectivity index (χ3v) is 5.34. The molecule has 5 heteroatoms. The van der Waals surface area contributed by atoms with E-state index in [1.807, 2.05) is 0 Å². The van der Waals surface area contributed by atoms with Gasteiger partial charge < -0.3 is 24.8 Å². The molecular formula is C12H21Cl2OSiTi. The maximum atomic E-state index is 6.02. The van der Waals surface area contributed by atoms with E-state index in [0.717, 1.165) is 12.8 Å². The van der Waals surface area contributed by atoms with E-state index in [0.29, 0.717) is 11.8 Å². The van der Waals surface area contributed by atoms with Gasteiger partial charge in [0.05, 0.1) is 0 Å². The van der Waals surface area contributed by atoms with E-state index in [1.54, 1.807) is 0 Å². The Hall–Kier alpha value is 0.951. The van der Waals surface area contributed by atoms with Crippen LogP contribution in [0.4, 0.5) is 0 Å². The van der Waals surface area contributed by atoms with E-state index in [-0.39, 0.29) is 24.8 Å². The Morgan fingerprint density at radius 3 is 2.29 bits per heavy atom. The first-order valence-electron chi connectivity index (χ1n) is 5.76. The summed E-state index contributed by atoms with van der Waals surface area (Å²) in [6.07, 6.45) is 7.17. The molecule has 1 rings (SSSR count). The van der Waals surface area contributed by atoms with E-state index in [1.165, 1.54) is 9.45 Å². The second-order valence-electron chi connectivity index (χ2n) is 4.78. The molecule has 0 aliphatic heterocycles. The summed E-state index contributed by atoms with van der Waals surface area (Å²) >= 11 is 2.24. The van der Waals surface area contributed by atoms with Crippen molar-refractivity contribution in [2.24, 2.45) is 0 Å². The largest absolute Gasteiger partial charge is 1.00 e. The average molecular weight is 328 g/mol. The molecule has 0 N–H and O–H groups in total. The second kappa shape index (κ2) is 9.83. The first kappa shape index (κ1) is 20.3. The topological polar surface area (TPSA) is 9.23 Å². The zero-order valence-electron chi connectivity index (χ0n) is 11.0. The zero-order chi connectivity index (χ0) is 11.4. The summed E-state index contributed by atoms with van der Waals surface area (Å²) in [5, 5.41) is 0. The summed E-state index contributed by atoms with van der Waals surface area (Å²) in [5.74, 6) is 0. The average Bonchev–Trinajstić information content (AvgIpc) is 2.50. The summed E-state index contributed by atoms with van der Waals surface area (Å²) in [7, 11) is -0.715. The Labute approximate surface area is 131 Å². The predicted octanol–water partition coefficient (Wildman–Crippen LogP) is -3.04. The Balaban J connectivity index is 0. The van der Waals surface area contributed by atoms with Gasteiger partial charge in [-0.1, -0.05) is 0 Å². The van der Waals surface area contributed by atoms with E-state index in [9.17, 15) is 0 Å². The van der Waals surface area contributed by atoms with Crippen LogP contribution in [0.15, 0.2) is 21.6 Å². The molecule has 1 atom stereocenters. The van der Waals surface area contributed by atoms with Crippen LogP contribution in [0.1, 0.15) is 26.7 Å². The number of hydrogen-bond acceptors (Lipinski definition) is 1. The molecule has 17 heavy (non-hydrogen) atoms. The maximum absolute atomic E-state index is 6.02. The van der Waals surface area contributed by atoms with Crippen molar-refractivity contribution in [2.75, 3.05) is 0 Å². The molecule has 0 aromatic rings. The molecule has 0 aromatic carbocycles. The second-order valence-corrected chi connectivity index (χ2v) is 8.96. The van der Waals surface area contributed by atoms with Crippen molar-refractivity contribution in [1.82, 2.24) is 0 Å². The van der Waals surface area contributed by atoms with Crippen LogP contribution < -0.4 is 24.8 Å². The molecule has 97 valence electrons. The Morgan fingerprint density at radius 1 is 1.35 bits per heavy atom. The first-order chi connectivity index (χ1) is 7.00. The van der Waals surface area contributed by atoms with Gasteiger partial charge in [-0.3, -0.25) is 0 Å². The van der Waals surface area contributed by atoms with E-state index >= 15 is 0 Å². The van der Waals surface area contributed by atoms with Crippen molar-refractivity contribution in [3.63, 3.8) is 0 Å². The van der Waals surface area contributed by atoms with Gasteiger partial charge in [0, 0.05) is 0 Å². The smallest absolute Gasteiger partial charge is 1.00 e. The number of ether oxygens (including phenoxy) is 1. The van der Waals surface area contributed by atoms with Gasteiger partial charge in [-0.25, -0.2) is 0 Å². The molecule has 0 saturated carbocycles. The van der Waals surface area contributed by atoms with Gasteiger partial charge in [-0.05, 0) is 0 Å². The first-order valence-corrected chi connectivity index (χ1v) is 9.52. The Kier molecular flexibility index (Phi) is 11.7. The molecule has 1 aliphatic rings. The van der Waals surface area contributed by atoms with Crippen LogP contribution in [0.25, 0.3) is 0 Å². The van der Waals surface area contributed by atoms with Crippen LogP contribution in [0.2, 0.25) is 13.1 Å². The molecule has 0 heterocycles. The number of hydrogen-bond donors (Lipinski definition) is 0. The van der Waals surface area contributed by atoms with Crippen molar-refractivity contribution in [2.45, 2.75) is 51.6 Å². The zero-order valence-corrected chi connectivity index (χ0v) is 15.2. The van der Waals surface area contributed by atoms with Crippen LogP contribution >= 0.6 is 0 Å². The van der Waals surface area contributed by atoms with Crippen molar-refractivity contribution < 1.29 is 50.0 Å². The summed E-state index contributed by atoms with van der Waals surface area (Å²) in [6, 6.07) is 0. The molecule has 0 aromatic heterocycles. The number of allylic oxidation sites excluding steroid dienone is 3.